The van der Waals surface area contributed by atoms with Crippen LogP contribution in [0.4, 0.5) is 13.2 Å². The molecule has 1 saturated heterocycles. The minimum atomic E-state index is -4.45. The van der Waals surface area contributed by atoms with Crippen LogP contribution in [0.1, 0.15) is 46.0 Å². The topological polar surface area (TPSA) is 62.5 Å². The van der Waals surface area contributed by atoms with E-state index in [4.69, 9.17) is 23.2 Å². The van der Waals surface area contributed by atoms with Crippen molar-refractivity contribution in [2.45, 2.75) is 39.9 Å². The van der Waals surface area contributed by atoms with E-state index < -0.39 is 23.6 Å². The van der Waals surface area contributed by atoms with Gasteiger partial charge in [0.15, 0.2) is 0 Å². The van der Waals surface area contributed by atoms with Crippen LogP contribution in [0.2, 0.25) is 10.0 Å². The Hall–Kier alpha value is -2.71. The van der Waals surface area contributed by atoms with E-state index in [1.807, 2.05) is 0 Å². The fourth-order valence-electron chi connectivity index (χ4n) is 5.06. The van der Waals surface area contributed by atoms with Crippen LogP contribution in [0.15, 0.2) is 30.5 Å². The molecule has 0 unspecified atom stereocenters. The van der Waals surface area contributed by atoms with Gasteiger partial charge in [0.25, 0.3) is 5.91 Å². The molecule has 36 heavy (non-hydrogen) atoms. The van der Waals surface area contributed by atoms with Crippen LogP contribution in [0.5, 0.6) is 0 Å². The highest BCUT2D eigenvalue weighted by molar-refractivity contribution is 6.38. The van der Waals surface area contributed by atoms with Gasteiger partial charge in [0, 0.05) is 35.3 Å². The van der Waals surface area contributed by atoms with Gasteiger partial charge in [0.05, 0.1) is 34.1 Å². The third kappa shape index (κ3) is 4.81. The fourth-order valence-corrected chi connectivity index (χ4v) is 5.63. The Morgan fingerprint density at radius 1 is 1.14 bits per heavy atom. The van der Waals surface area contributed by atoms with Gasteiger partial charge in [-0.3, -0.25) is 9.59 Å². The SMILES string of the molecule is Cc1cn(Cc2c(Cl)ccc(C(=O)N3CC[C@@H](C(=O)O)[C@@H](C)C3)c2Cl)c2c(C)cc(C(F)(F)F)cc12. The fraction of sp³-hybridized carbons (Fsp3) is 0.385. The molecule has 5 nitrogen and oxygen atoms in total. The van der Waals surface area contributed by atoms with Crippen LogP contribution < -0.4 is 0 Å². The number of hydrogen-bond donors (Lipinski definition) is 1. The lowest BCUT2D eigenvalue weighted by atomic mass is 9.87. The minimum absolute atomic E-state index is 0.160. The summed E-state index contributed by atoms with van der Waals surface area (Å²) in [6.45, 7) is 5.93. The molecule has 192 valence electrons. The van der Waals surface area contributed by atoms with Gasteiger partial charge in [-0.2, -0.15) is 13.2 Å². The van der Waals surface area contributed by atoms with E-state index in [1.165, 1.54) is 0 Å². The Balaban J connectivity index is 1.68. The summed E-state index contributed by atoms with van der Waals surface area (Å²) < 4.78 is 41.8. The van der Waals surface area contributed by atoms with Crippen molar-refractivity contribution in [2.75, 3.05) is 13.1 Å². The largest absolute Gasteiger partial charge is 0.481 e. The molecule has 0 radical (unpaired) electrons. The lowest BCUT2D eigenvalue weighted by molar-refractivity contribution is -0.145. The Morgan fingerprint density at radius 3 is 2.44 bits per heavy atom. The maximum atomic E-state index is 13.3. The zero-order valence-corrected chi connectivity index (χ0v) is 21.4. The number of likely N-dealkylation sites (tertiary alicyclic amines) is 1. The number of alkyl halides is 3. The first-order valence-corrected chi connectivity index (χ1v) is 12.2. The number of carbonyl (C=O) groups is 2. The van der Waals surface area contributed by atoms with Crippen molar-refractivity contribution in [1.29, 1.82) is 0 Å². The van der Waals surface area contributed by atoms with Crippen LogP contribution in [0, 0.1) is 25.7 Å². The van der Waals surface area contributed by atoms with Crippen LogP contribution in [-0.2, 0) is 17.5 Å². The maximum Gasteiger partial charge on any atom is 0.416 e. The molecule has 2 atom stereocenters. The van der Waals surface area contributed by atoms with E-state index in [2.05, 4.69) is 0 Å². The van der Waals surface area contributed by atoms with Gasteiger partial charge < -0.3 is 14.6 Å². The van der Waals surface area contributed by atoms with Crippen LogP contribution >= 0.6 is 23.2 Å². The van der Waals surface area contributed by atoms with Gasteiger partial charge in [0.2, 0.25) is 0 Å². The standard InChI is InChI=1S/C26H25Cl2F3N2O3/c1-13-8-16(26(29,30)31)9-19-15(3)11-33(23(13)19)12-20-21(27)5-4-18(22(20)28)24(34)32-7-6-17(25(35)36)14(2)10-32/h4-5,8-9,11,14,17H,6-7,10,12H2,1-3H3,(H,35,36)/t14-,17+/m0/s1. The third-order valence-corrected chi connectivity index (χ3v) is 7.73. The highest BCUT2D eigenvalue weighted by Gasteiger charge is 2.34. The number of carbonyl (C=O) groups excluding carboxylic acids is 1. The highest BCUT2D eigenvalue weighted by Crippen LogP contribution is 2.37. The molecule has 2 aromatic carbocycles. The zero-order valence-electron chi connectivity index (χ0n) is 19.9. The molecule has 0 aliphatic carbocycles. The molecule has 3 aromatic rings. The van der Waals surface area contributed by atoms with Gasteiger partial charge in [-0.25, -0.2) is 0 Å². The van der Waals surface area contributed by atoms with Crippen LogP contribution in [0.3, 0.4) is 0 Å². The number of piperidine rings is 1. The van der Waals surface area contributed by atoms with Crippen molar-refractivity contribution in [3.63, 3.8) is 0 Å². The molecule has 1 amide bonds. The van der Waals surface area contributed by atoms with Gasteiger partial charge in [-0.1, -0.05) is 30.1 Å². The number of aryl methyl sites for hydroxylation is 2. The predicted octanol–water partition coefficient (Wildman–Crippen LogP) is 6.81. The summed E-state index contributed by atoms with van der Waals surface area (Å²) in [5.74, 6) is -1.89. The van der Waals surface area contributed by atoms with Crippen molar-refractivity contribution < 1.29 is 27.9 Å². The number of aromatic nitrogens is 1. The van der Waals surface area contributed by atoms with E-state index >= 15 is 0 Å². The van der Waals surface area contributed by atoms with Gasteiger partial charge >= 0.3 is 12.1 Å². The normalized spacial score (nSPS) is 18.6. The van der Waals surface area contributed by atoms with Crippen molar-refractivity contribution in [1.82, 2.24) is 9.47 Å². The molecule has 0 saturated carbocycles. The number of rotatable bonds is 4. The molecule has 1 N–H and O–H groups in total. The number of hydrogen-bond acceptors (Lipinski definition) is 2. The van der Waals surface area contributed by atoms with Crippen LogP contribution in [0.25, 0.3) is 10.9 Å². The molecule has 10 heteroatoms. The maximum absolute atomic E-state index is 13.3. The second-order valence-corrected chi connectivity index (χ2v) is 10.3. The van der Waals surface area contributed by atoms with E-state index in [9.17, 15) is 27.9 Å². The number of benzene rings is 2. The zero-order chi connectivity index (χ0) is 26.5. The molecular formula is C26H25Cl2F3N2O3. The van der Waals surface area contributed by atoms with Gasteiger partial charge in [-0.05, 0) is 61.6 Å². The number of halogens is 5. The first-order valence-electron chi connectivity index (χ1n) is 11.5. The van der Waals surface area contributed by atoms with Gasteiger partial charge in [-0.15, -0.1) is 0 Å². The second-order valence-electron chi connectivity index (χ2n) is 9.48. The van der Waals surface area contributed by atoms with Crippen molar-refractivity contribution in [3.8, 4) is 0 Å². The average Bonchev–Trinajstić information content (AvgIpc) is 3.11. The number of carboxylic acids is 1. The summed E-state index contributed by atoms with van der Waals surface area (Å²) in [4.78, 5) is 26.3. The molecular weight excluding hydrogens is 516 g/mol. The average molecular weight is 541 g/mol. The lowest BCUT2D eigenvalue weighted by Gasteiger charge is -2.35. The molecule has 2 heterocycles. The van der Waals surface area contributed by atoms with Crippen molar-refractivity contribution in [2.24, 2.45) is 11.8 Å². The van der Waals surface area contributed by atoms with E-state index in [0.29, 0.717) is 52.1 Å². The Bertz CT molecular complexity index is 1370. The Kier molecular flexibility index (Phi) is 7.05. The molecule has 4 rings (SSSR count). The number of nitrogens with zero attached hydrogens (tertiary/aromatic N) is 2. The third-order valence-electron chi connectivity index (χ3n) is 6.94. The van der Waals surface area contributed by atoms with E-state index in [1.54, 1.807) is 48.6 Å². The second kappa shape index (κ2) is 9.63. The molecule has 1 aliphatic heterocycles. The van der Waals surface area contributed by atoms with E-state index in [-0.39, 0.29) is 29.0 Å². The monoisotopic (exact) mass is 540 g/mol. The molecule has 1 aliphatic rings. The first-order chi connectivity index (χ1) is 16.8. The summed E-state index contributed by atoms with van der Waals surface area (Å²) in [6.07, 6.45) is -2.35. The molecule has 1 fully saturated rings. The smallest absolute Gasteiger partial charge is 0.416 e. The van der Waals surface area contributed by atoms with Gasteiger partial charge in [0.1, 0.15) is 0 Å². The summed E-state index contributed by atoms with van der Waals surface area (Å²) >= 11 is 13.2. The van der Waals surface area contributed by atoms with Crippen molar-refractivity contribution in [3.05, 3.63) is 68.3 Å². The molecule has 1 aromatic heterocycles. The molecule has 0 spiro atoms. The number of aliphatic carboxylic acids is 1. The minimum Gasteiger partial charge on any atom is -0.481 e. The highest BCUT2D eigenvalue weighted by atomic mass is 35.5. The summed E-state index contributed by atoms with van der Waals surface area (Å²) in [5, 5.41) is 10.3. The lowest BCUT2D eigenvalue weighted by Crippen LogP contribution is -2.45. The quantitative estimate of drug-likeness (QED) is 0.395. The van der Waals surface area contributed by atoms with E-state index in [0.717, 1.165) is 12.1 Å². The predicted molar refractivity (Wildman–Crippen MR) is 133 cm³/mol. The summed E-state index contributed by atoms with van der Waals surface area (Å²) in [6, 6.07) is 5.38. The summed E-state index contributed by atoms with van der Waals surface area (Å²) in [5.41, 5.74) is 1.79. The summed E-state index contributed by atoms with van der Waals surface area (Å²) in [7, 11) is 0. The number of fused-ring (bicyclic) bond motifs is 1. The van der Waals surface area contributed by atoms with Crippen LogP contribution in [-0.4, -0.2) is 39.5 Å². The Morgan fingerprint density at radius 2 is 1.83 bits per heavy atom. The number of carboxylic acid groups (broad SMARTS) is 1. The Labute approximate surface area is 216 Å². The van der Waals surface area contributed by atoms with Crippen molar-refractivity contribution >= 4 is 46.0 Å². The first kappa shape index (κ1) is 26.4. The molecule has 0 bridgehead atoms. The number of amides is 1.